The van der Waals surface area contributed by atoms with Crippen LogP contribution in [0, 0.1) is 83.8 Å². The van der Waals surface area contributed by atoms with Crippen LogP contribution in [-0.2, 0) is 88.1 Å². The van der Waals surface area contributed by atoms with Gasteiger partial charge in [0.2, 0.25) is 0 Å². The molecule has 2 unspecified atom stereocenters. The smallest absolute Gasteiger partial charge is 0.507 e. The van der Waals surface area contributed by atoms with Gasteiger partial charge in [-0.3, -0.25) is 18.6 Å². The number of hydrogen-bond donors (Lipinski definition) is 1. The van der Waals surface area contributed by atoms with Crippen LogP contribution in [0.25, 0.3) is 61.0 Å². The number of pyridine rings is 4. The molecule has 5 heterocycles. The molecule has 8 nitrogen and oxygen atoms in total. The van der Waals surface area contributed by atoms with E-state index in [0.29, 0.717) is 39.9 Å². The van der Waals surface area contributed by atoms with E-state index in [1.54, 1.807) is 12.4 Å². The summed E-state index contributed by atoms with van der Waals surface area (Å²) >= 11 is 0. The van der Waals surface area contributed by atoms with Gasteiger partial charge >= 0.3 is 19.5 Å². The van der Waals surface area contributed by atoms with Crippen LogP contribution >= 0.6 is 0 Å². The van der Waals surface area contributed by atoms with Crippen molar-refractivity contribution in [3.05, 3.63) is 221 Å². The molecular weight excluding hydrogens is 1570 g/mol. The normalized spacial score (nSPS) is 16.5. The molecule has 9 aromatic rings. The van der Waals surface area contributed by atoms with E-state index in [-0.39, 0.29) is 103 Å². The molecule has 4 aliphatic carbocycles. The number of phenols is 1. The zero-order valence-corrected chi connectivity index (χ0v) is 64.9. The molecule has 0 spiro atoms. The molecule has 5 aromatic heterocycles. The number of aryl methyl sites for hydroxylation is 3. The molecular formula is C84H93CoF4N6O2Rh2Ru-2. The molecule has 100 heavy (non-hydrogen) atoms. The quantitative estimate of drug-likeness (QED) is 0.0445. The first-order valence-electron chi connectivity index (χ1n) is 35.0. The van der Waals surface area contributed by atoms with Gasteiger partial charge in [0, 0.05) is 97.9 Å². The van der Waals surface area contributed by atoms with E-state index < -0.39 is 29.2 Å². The van der Waals surface area contributed by atoms with Crippen LogP contribution in [0.15, 0.2) is 138 Å². The Morgan fingerprint density at radius 2 is 1.28 bits per heavy atom. The first kappa shape index (κ1) is 83.0. The van der Waals surface area contributed by atoms with Crippen molar-refractivity contribution in [2.24, 2.45) is 21.7 Å². The van der Waals surface area contributed by atoms with Crippen molar-refractivity contribution in [3.63, 3.8) is 0 Å². The third-order valence-corrected chi connectivity index (χ3v) is 21.8. The molecule has 4 aromatic carbocycles. The fourth-order valence-corrected chi connectivity index (χ4v) is 16.0. The second-order valence-electron chi connectivity index (χ2n) is 28.5. The van der Waals surface area contributed by atoms with Gasteiger partial charge in [-0.1, -0.05) is 177 Å². The van der Waals surface area contributed by atoms with Gasteiger partial charge in [0.25, 0.3) is 0 Å². The minimum Gasteiger partial charge on any atom is -0.507 e. The zero-order valence-electron chi connectivity index (χ0n) is 58.8. The number of nitrogens with zero attached hydrogens (tertiary/aromatic N) is 6. The Balaban J connectivity index is 0.000000208. The van der Waals surface area contributed by atoms with Gasteiger partial charge in [0.05, 0.1) is 6.57 Å². The van der Waals surface area contributed by atoms with Crippen molar-refractivity contribution < 1.29 is 102 Å². The maximum absolute atomic E-state index is 14.3. The monoisotopic (exact) mass is 1660 g/mol. The molecule has 0 saturated heterocycles. The number of aromatic nitrogens is 5. The third-order valence-electron chi connectivity index (χ3n) is 21.8. The molecule has 13 rings (SSSR count). The summed E-state index contributed by atoms with van der Waals surface area (Å²) in [6.07, 6.45) is 31.0. The van der Waals surface area contributed by atoms with Crippen LogP contribution in [0.3, 0.4) is 0 Å². The van der Waals surface area contributed by atoms with Crippen molar-refractivity contribution in [3.8, 4) is 61.9 Å². The van der Waals surface area contributed by atoms with E-state index in [1.165, 1.54) is 150 Å². The zero-order chi connectivity index (χ0) is 68.0. The Morgan fingerprint density at radius 1 is 0.640 bits per heavy atom. The van der Waals surface area contributed by atoms with E-state index in [4.69, 9.17) is 16.0 Å². The Morgan fingerprint density at radius 3 is 1.93 bits per heavy atom. The number of aromatic hydroxyl groups is 1. The van der Waals surface area contributed by atoms with Crippen LogP contribution in [0.2, 0.25) is 0 Å². The second kappa shape index (κ2) is 38.0. The molecule has 4 saturated carbocycles. The SMILES string of the molecule is CC1(CCc2cccc(-c3[c-]ccc(-c4ccccc4)c3)n2)CCCCC1.CCC(c1ccnc(-c2[c-]cc(F)nc2F)c1)C1(C)CCCC1.CCC1(C(C)c2ccc(O)c(-c3nc(C)oc3C)c2)CCCC1.[C-]#[N+]c1c(F)c[c-]c(-c2cc(CC3(C)CCCC3)ccn2)c1F.[Co].[Rh].[Rh].[Ru+]. The summed E-state index contributed by atoms with van der Waals surface area (Å²) in [6.45, 7) is 24.6. The van der Waals surface area contributed by atoms with Crippen molar-refractivity contribution in [2.75, 3.05) is 0 Å². The first-order chi connectivity index (χ1) is 46.2. The van der Waals surface area contributed by atoms with E-state index in [9.17, 15) is 22.7 Å². The van der Waals surface area contributed by atoms with E-state index in [1.807, 2.05) is 50.2 Å². The van der Waals surface area contributed by atoms with Gasteiger partial charge < -0.3 is 24.5 Å². The average Bonchev–Trinajstić information content (AvgIpc) is 1.47. The largest absolute Gasteiger partial charge is 1.00 e. The molecule has 0 aliphatic heterocycles. The van der Waals surface area contributed by atoms with Gasteiger partial charge in [-0.05, 0) is 188 Å². The van der Waals surface area contributed by atoms with Crippen LogP contribution < -0.4 is 0 Å². The summed E-state index contributed by atoms with van der Waals surface area (Å²) in [5.74, 6) is -0.945. The predicted octanol–water partition coefficient (Wildman–Crippen LogP) is 23.6. The Labute approximate surface area is 640 Å². The van der Waals surface area contributed by atoms with Gasteiger partial charge in [0.15, 0.2) is 11.6 Å². The minimum atomic E-state index is -0.893. The van der Waals surface area contributed by atoms with Crippen LogP contribution in [-0.4, -0.2) is 30.0 Å². The summed E-state index contributed by atoms with van der Waals surface area (Å²) in [7, 11) is 0. The minimum absolute atomic E-state index is 0. The molecule has 4 aliphatic rings. The molecule has 16 heteroatoms. The second-order valence-corrected chi connectivity index (χ2v) is 28.5. The topological polar surface area (TPSA) is 102 Å². The molecule has 0 bridgehead atoms. The van der Waals surface area contributed by atoms with Gasteiger partial charge in [-0.15, -0.1) is 59.2 Å². The van der Waals surface area contributed by atoms with E-state index in [0.717, 1.165) is 65.2 Å². The molecule has 4 fully saturated rings. The van der Waals surface area contributed by atoms with Crippen molar-refractivity contribution >= 4 is 5.69 Å². The number of phenolic OH excluding ortho intramolecular Hbond substituents is 1. The maximum atomic E-state index is 14.3. The maximum Gasteiger partial charge on any atom is 1.00 e. The standard InChI is InChI=1S/C26H28N.C20H27NO2.C19H17F2N2.C19H21F2N2.Co.2Rh.Ru/c1-26(17-6-3-7-18-26)19-16-24-14-9-15-25(27-24)23-13-8-12-22(20-23)21-10-4-2-5-11-21;1-5-20(10-6-7-11-20)13(2)16-8-9-18(22)17(12-16)19-14(3)23-15(4)21-19;1-19(8-3-4-9-19)12-13-7-10-23-16(11-13)14-5-6-15(20)18(22-2)17(14)21;1-3-15(19(2)9-4-5-10-19)13-8-11-22-16(12-13)14-6-7-17(20)23-18(14)21;;;;/h2,4-5,8-12,14-15,20H,3,6-7,16-19H2,1H3;8-9,12-13,22H,5-7,10-11H2,1-4H3;6-7,10-11H,3-4,8-9,12H2,1H3;7-8,11-12,15H,3-5,9-10H2,1-2H3;;;;/q-1;;2*-1;;;;+1. The summed E-state index contributed by atoms with van der Waals surface area (Å²) in [6, 6.07) is 47.5. The Hall–Kier alpha value is -5.92. The first-order valence-corrected chi connectivity index (χ1v) is 35.0. The molecule has 1 N–H and O–H groups in total. The number of oxazole rings is 1. The summed E-state index contributed by atoms with van der Waals surface area (Å²) in [5.41, 5.74) is 12.8. The van der Waals surface area contributed by atoms with Crippen molar-refractivity contribution in [1.29, 1.82) is 0 Å². The summed E-state index contributed by atoms with van der Waals surface area (Å²) < 4.78 is 60.2. The van der Waals surface area contributed by atoms with Gasteiger partial charge in [-0.2, -0.15) is 0 Å². The fraction of sp³-hybridized carbons (Fsp3) is 0.429. The van der Waals surface area contributed by atoms with Gasteiger partial charge in [-0.25, -0.2) is 13.8 Å². The number of halogens is 4. The predicted molar refractivity (Wildman–Crippen MR) is 377 cm³/mol. The molecule has 4 radical (unpaired) electrons. The van der Waals surface area contributed by atoms with Crippen molar-refractivity contribution in [1.82, 2.24) is 24.9 Å². The number of benzene rings is 4. The molecule has 0 amide bonds. The Bertz CT molecular complexity index is 4130. The summed E-state index contributed by atoms with van der Waals surface area (Å²) in [4.78, 5) is 24.0. The number of rotatable bonds is 16. The van der Waals surface area contributed by atoms with Crippen LogP contribution in [0.4, 0.5) is 23.2 Å². The van der Waals surface area contributed by atoms with Crippen molar-refractivity contribution in [2.45, 2.75) is 208 Å². The fourth-order valence-electron chi connectivity index (χ4n) is 16.0. The van der Waals surface area contributed by atoms with Crippen LogP contribution in [0.5, 0.6) is 5.75 Å². The summed E-state index contributed by atoms with van der Waals surface area (Å²) in [5, 5.41) is 10.3. The average molecular weight is 1660 g/mol. The molecule has 2 atom stereocenters. The third kappa shape index (κ3) is 20.7. The molecule has 536 valence electrons. The van der Waals surface area contributed by atoms with E-state index >= 15 is 0 Å². The van der Waals surface area contributed by atoms with Gasteiger partial charge in [0.1, 0.15) is 29.1 Å². The number of hydrogen-bond acceptors (Lipinski definition) is 7. The van der Waals surface area contributed by atoms with E-state index in [2.05, 4.69) is 157 Å². The van der Waals surface area contributed by atoms with Crippen LogP contribution in [0.1, 0.15) is 216 Å². The Kier molecular flexibility index (Phi) is 31.6.